The van der Waals surface area contributed by atoms with Gasteiger partial charge in [0.15, 0.2) is 0 Å². The lowest BCUT2D eigenvalue weighted by Crippen LogP contribution is -2.38. The summed E-state index contributed by atoms with van der Waals surface area (Å²) in [6.07, 6.45) is 5.07. The zero-order valence-electron chi connectivity index (χ0n) is 15.2. The minimum Gasteiger partial charge on any atom is -0.322 e. The highest BCUT2D eigenvalue weighted by atomic mass is 127. The third kappa shape index (κ3) is 4.89. The Labute approximate surface area is 174 Å². The van der Waals surface area contributed by atoms with Crippen molar-refractivity contribution in [3.8, 4) is 0 Å². The van der Waals surface area contributed by atoms with Gasteiger partial charge in [-0.05, 0) is 77.9 Å². The van der Waals surface area contributed by atoms with Gasteiger partial charge in [0.2, 0.25) is 10.0 Å². The lowest BCUT2D eigenvalue weighted by Gasteiger charge is -2.30. The standard InChI is InChI=1S/C20H23IN2O3S/c1-23(18-7-3-2-4-8-18)27(25,26)19-9-5-6-15(14-19)20(24)22-17-12-10-16(21)11-13-17/h5-6,9-14,18H,2-4,7-8H2,1H3,(H,22,24). The maximum Gasteiger partial charge on any atom is 0.255 e. The maximum absolute atomic E-state index is 13.0. The average molecular weight is 498 g/mol. The van der Waals surface area contributed by atoms with E-state index < -0.39 is 10.0 Å². The van der Waals surface area contributed by atoms with Gasteiger partial charge in [-0.3, -0.25) is 4.79 Å². The highest BCUT2D eigenvalue weighted by molar-refractivity contribution is 14.1. The lowest BCUT2D eigenvalue weighted by atomic mass is 9.96. The molecule has 1 N–H and O–H groups in total. The summed E-state index contributed by atoms with van der Waals surface area (Å²) in [5.74, 6) is -0.325. The summed E-state index contributed by atoms with van der Waals surface area (Å²) in [4.78, 5) is 12.7. The first kappa shape index (κ1) is 20.3. The van der Waals surface area contributed by atoms with Crippen LogP contribution < -0.4 is 5.32 Å². The Hall–Kier alpha value is -1.45. The summed E-state index contributed by atoms with van der Waals surface area (Å²) in [6.45, 7) is 0. The van der Waals surface area contributed by atoms with Gasteiger partial charge in [0, 0.05) is 27.9 Å². The number of hydrogen-bond acceptors (Lipinski definition) is 3. The number of sulfonamides is 1. The molecule has 0 radical (unpaired) electrons. The smallest absolute Gasteiger partial charge is 0.255 e. The second-order valence-electron chi connectivity index (χ2n) is 6.80. The van der Waals surface area contributed by atoms with E-state index in [0.717, 1.165) is 29.3 Å². The van der Waals surface area contributed by atoms with Crippen LogP contribution in [0.5, 0.6) is 0 Å². The van der Waals surface area contributed by atoms with Gasteiger partial charge in [-0.2, -0.15) is 4.31 Å². The fourth-order valence-electron chi connectivity index (χ4n) is 3.34. The van der Waals surface area contributed by atoms with Gasteiger partial charge in [0.05, 0.1) is 4.90 Å². The molecule has 5 nitrogen and oxygen atoms in total. The third-order valence-corrected chi connectivity index (χ3v) is 7.59. The number of hydrogen-bond donors (Lipinski definition) is 1. The molecule has 27 heavy (non-hydrogen) atoms. The van der Waals surface area contributed by atoms with Crippen LogP contribution in [0.15, 0.2) is 53.4 Å². The van der Waals surface area contributed by atoms with Gasteiger partial charge < -0.3 is 5.32 Å². The number of halogens is 1. The van der Waals surface area contributed by atoms with Crippen molar-refractivity contribution < 1.29 is 13.2 Å². The Balaban J connectivity index is 1.79. The Morgan fingerprint density at radius 3 is 2.41 bits per heavy atom. The van der Waals surface area contributed by atoms with Crippen molar-refractivity contribution >= 4 is 44.2 Å². The van der Waals surface area contributed by atoms with E-state index in [1.54, 1.807) is 25.2 Å². The Morgan fingerprint density at radius 2 is 1.74 bits per heavy atom. The molecule has 1 aliphatic rings. The largest absolute Gasteiger partial charge is 0.322 e. The van der Waals surface area contributed by atoms with Crippen molar-refractivity contribution in [1.82, 2.24) is 4.31 Å². The first-order chi connectivity index (χ1) is 12.9. The molecule has 0 bridgehead atoms. The molecular formula is C20H23IN2O3S. The van der Waals surface area contributed by atoms with Crippen molar-refractivity contribution in [2.75, 3.05) is 12.4 Å². The predicted octanol–water partition coefficient (Wildman–Crippen LogP) is 4.50. The van der Waals surface area contributed by atoms with Crippen molar-refractivity contribution in [3.63, 3.8) is 0 Å². The Morgan fingerprint density at radius 1 is 1.07 bits per heavy atom. The van der Waals surface area contributed by atoms with E-state index in [0.29, 0.717) is 11.3 Å². The topological polar surface area (TPSA) is 66.5 Å². The van der Waals surface area contributed by atoms with Crippen LogP contribution in [0.25, 0.3) is 0 Å². The normalized spacial score (nSPS) is 15.7. The molecule has 7 heteroatoms. The molecule has 144 valence electrons. The molecule has 1 fully saturated rings. The van der Waals surface area contributed by atoms with Crippen LogP contribution in [0.1, 0.15) is 42.5 Å². The van der Waals surface area contributed by atoms with Crippen LogP contribution in [-0.4, -0.2) is 31.7 Å². The molecule has 1 amide bonds. The SMILES string of the molecule is CN(C1CCCCC1)S(=O)(=O)c1cccc(C(=O)Nc2ccc(I)cc2)c1. The number of carbonyl (C=O) groups is 1. The van der Waals surface area contributed by atoms with Gasteiger partial charge in [-0.15, -0.1) is 0 Å². The fraction of sp³-hybridized carbons (Fsp3) is 0.350. The number of rotatable bonds is 5. The van der Waals surface area contributed by atoms with Crippen LogP contribution in [0, 0.1) is 3.57 Å². The van der Waals surface area contributed by atoms with E-state index in [1.165, 1.54) is 16.8 Å². The molecular weight excluding hydrogens is 475 g/mol. The van der Waals surface area contributed by atoms with Crippen molar-refractivity contribution in [2.45, 2.75) is 43.0 Å². The molecule has 2 aromatic carbocycles. The van der Waals surface area contributed by atoms with Crippen molar-refractivity contribution in [1.29, 1.82) is 0 Å². The number of anilines is 1. The van der Waals surface area contributed by atoms with Crippen LogP contribution in [-0.2, 0) is 10.0 Å². The molecule has 0 atom stereocenters. The summed E-state index contributed by atoms with van der Waals surface area (Å²) in [5.41, 5.74) is 1.000. The highest BCUT2D eigenvalue weighted by Crippen LogP contribution is 2.27. The second kappa shape index (κ2) is 8.70. The van der Waals surface area contributed by atoms with Crippen LogP contribution in [0.3, 0.4) is 0 Å². The third-order valence-electron chi connectivity index (χ3n) is 4.96. The number of amides is 1. The summed E-state index contributed by atoms with van der Waals surface area (Å²) >= 11 is 2.19. The number of nitrogens with zero attached hydrogens (tertiary/aromatic N) is 1. The molecule has 1 aliphatic carbocycles. The quantitative estimate of drug-likeness (QED) is 0.618. The number of nitrogens with one attached hydrogen (secondary N) is 1. The van der Waals surface area contributed by atoms with Crippen LogP contribution in [0.4, 0.5) is 5.69 Å². The fourth-order valence-corrected chi connectivity index (χ4v) is 5.16. The number of benzene rings is 2. The molecule has 2 aromatic rings. The molecule has 0 heterocycles. The second-order valence-corrected chi connectivity index (χ2v) is 10.0. The molecule has 0 aromatic heterocycles. The van der Waals surface area contributed by atoms with E-state index in [4.69, 9.17) is 0 Å². The zero-order valence-corrected chi connectivity index (χ0v) is 18.2. The van der Waals surface area contributed by atoms with Gasteiger partial charge in [-0.25, -0.2) is 8.42 Å². The molecule has 1 saturated carbocycles. The zero-order chi connectivity index (χ0) is 19.4. The molecule has 0 saturated heterocycles. The van der Waals surface area contributed by atoms with Gasteiger partial charge in [-0.1, -0.05) is 25.3 Å². The Bertz CT molecular complexity index is 907. The minimum atomic E-state index is -3.62. The van der Waals surface area contributed by atoms with E-state index >= 15 is 0 Å². The van der Waals surface area contributed by atoms with Gasteiger partial charge in [0.1, 0.15) is 0 Å². The lowest BCUT2D eigenvalue weighted by molar-refractivity contribution is 0.102. The van der Waals surface area contributed by atoms with E-state index in [-0.39, 0.29) is 16.8 Å². The number of carbonyl (C=O) groups excluding carboxylic acids is 1. The minimum absolute atomic E-state index is 0.0352. The summed E-state index contributed by atoms with van der Waals surface area (Å²) in [5, 5.41) is 2.81. The van der Waals surface area contributed by atoms with Crippen LogP contribution >= 0.6 is 22.6 Å². The summed E-state index contributed by atoms with van der Waals surface area (Å²) in [6, 6.07) is 13.7. The van der Waals surface area contributed by atoms with Crippen molar-refractivity contribution in [2.24, 2.45) is 0 Å². The first-order valence-electron chi connectivity index (χ1n) is 9.03. The summed E-state index contributed by atoms with van der Waals surface area (Å²) in [7, 11) is -1.98. The van der Waals surface area contributed by atoms with Crippen molar-refractivity contribution in [3.05, 3.63) is 57.7 Å². The molecule has 3 rings (SSSR count). The maximum atomic E-state index is 13.0. The Kier molecular flexibility index (Phi) is 6.54. The van der Waals surface area contributed by atoms with E-state index in [2.05, 4.69) is 27.9 Å². The first-order valence-corrected chi connectivity index (χ1v) is 11.5. The molecule has 0 spiro atoms. The van der Waals surface area contributed by atoms with Crippen LogP contribution in [0.2, 0.25) is 0 Å². The average Bonchev–Trinajstić information content (AvgIpc) is 2.70. The highest BCUT2D eigenvalue weighted by Gasteiger charge is 2.29. The molecule has 0 aliphatic heterocycles. The van der Waals surface area contributed by atoms with Gasteiger partial charge >= 0.3 is 0 Å². The monoisotopic (exact) mass is 498 g/mol. The van der Waals surface area contributed by atoms with E-state index in [1.807, 2.05) is 24.3 Å². The summed E-state index contributed by atoms with van der Waals surface area (Å²) < 4.78 is 28.5. The van der Waals surface area contributed by atoms with Gasteiger partial charge in [0.25, 0.3) is 5.91 Å². The predicted molar refractivity (Wildman–Crippen MR) is 115 cm³/mol. The molecule has 0 unspecified atom stereocenters. The van der Waals surface area contributed by atoms with E-state index in [9.17, 15) is 13.2 Å².